The van der Waals surface area contributed by atoms with Crippen LogP contribution in [0.1, 0.15) is 48.1 Å². The van der Waals surface area contributed by atoms with Crippen LogP contribution in [0.5, 0.6) is 0 Å². The second-order valence-corrected chi connectivity index (χ2v) is 6.87. The third-order valence-corrected chi connectivity index (χ3v) is 4.58. The van der Waals surface area contributed by atoms with Crippen LogP contribution in [-0.4, -0.2) is 0 Å². The Bertz CT molecular complexity index is 407. The maximum Gasteiger partial charge on any atom is 0.00948 e. The quantitative estimate of drug-likeness (QED) is 0.648. The number of aryl methyl sites for hydroxylation is 2. The molecule has 15 heavy (non-hydrogen) atoms. The van der Waals surface area contributed by atoms with E-state index in [1.165, 1.54) is 35.3 Å². The van der Waals surface area contributed by atoms with Gasteiger partial charge in [-0.3, -0.25) is 0 Å². The topological polar surface area (TPSA) is 0 Å². The molecule has 0 atom stereocenters. The molecular formula is C14H20S. The molecule has 2 rings (SSSR count). The van der Waals surface area contributed by atoms with Crippen molar-refractivity contribution in [3.8, 4) is 0 Å². The van der Waals surface area contributed by atoms with E-state index in [-0.39, 0.29) is 0 Å². The van der Waals surface area contributed by atoms with Gasteiger partial charge in [-0.05, 0) is 55.2 Å². The van der Waals surface area contributed by atoms with E-state index in [2.05, 4.69) is 34.3 Å². The molecule has 1 aliphatic carbocycles. The predicted molar refractivity (Wildman–Crippen MR) is 69.6 cm³/mol. The molecule has 0 amide bonds. The van der Waals surface area contributed by atoms with Gasteiger partial charge >= 0.3 is 0 Å². The van der Waals surface area contributed by atoms with Crippen LogP contribution in [0.4, 0.5) is 0 Å². The number of allylic oxidation sites excluding steroid dienone is 1. The lowest BCUT2D eigenvalue weighted by atomic mass is 9.75. The molecule has 0 aliphatic heterocycles. The van der Waals surface area contributed by atoms with E-state index in [4.69, 9.17) is 0 Å². The zero-order chi connectivity index (χ0) is 11.2. The van der Waals surface area contributed by atoms with Gasteiger partial charge in [-0.15, -0.1) is 11.3 Å². The van der Waals surface area contributed by atoms with Crippen LogP contribution >= 0.6 is 11.3 Å². The second-order valence-electron chi connectivity index (χ2n) is 5.56. The Balaban J connectivity index is 2.51. The number of rotatable bonds is 1. The molecule has 0 bridgehead atoms. The highest BCUT2D eigenvalue weighted by Gasteiger charge is 2.29. The lowest BCUT2D eigenvalue weighted by Crippen LogP contribution is -2.21. The average Bonchev–Trinajstić information content (AvgIpc) is 2.38. The maximum atomic E-state index is 4.12. The second kappa shape index (κ2) is 3.48. The van der Waals surface area contributed by atoms with Crippen molar-refractivity contribution in [1.29, 1.82) is 0 Å². The third kappa shape index (κ3) is 1.90. The standard InChI is InChI=1S/C14H20S/c1-9(2)13-10(3)15-12-6-7-14(4,5)8-11(12)13/h1,6-8H2,2-5H3. The highest BCUT2D eigenvalue weighted by molar-refractivity contribution is 7.12. The van der Waals surface area contributed by atoms with Gasteiger partial charge < -0.3 is 0 Å². The Morgan fingerprint density at radius 2 is 2.07 bits per heavy atom. The summed E-state index contributed by atoms with van der Waals surface area (Å²) >= 11 is 1.99. The molecule has 82 valence electrons. The molecule has 0 saturated heterocycles. The van der Waals surface area contributed by atoms with Crippen LogP contribution in [0.25, 0.3) is 5.57 Å². The predicted octanol–water partition coefficient (Wildman–Crippen LogP) is 4.60. The van der Waals surface area contributed by atoms with Gasteiger partial charge in [0, 0.05) is 9.75 Å². The molecule has 0 aromatic carbocycles. The summed E-state index contributed by atoms with van der Waals surface area (Å²) in [5.74, 6) is 0. The number of thiophene rings is 1. The Kier molecular flexibility index (Phi) is 2.54. The van der Waals surface area contributed by atoms with E-state index in [9.17, 15) is 0 Å². The van der Waals surface area contributed by atoms with Crippen LogP contribution in [0, 0.1) is 12.3 Å². The average molecular weight is 220 g/mol. The Hall–Kier alpha value is -0.560. The Labute approximate surface area is 97.0 Å². The van der Waals surface area contributed by atoms with Crippen molar-refractivity contribution < 1.29 is 0 Å². The first kappa shape index (κ1) is 10.9. The van der Waals surface area contributed by atoms with Gasteiger partial charge in [0.05, 0.1) is 0 Å². The van der Waals surface area contributed by atoms with E-state index < -0.39 is 0 Å². The van der Waals surface area contributed by atoms with Gasteiger partial charge in [-0.25, -0.2) is 0 Å². The van der Waals surface area contributed by atoms with Crippen LogP contribution in [0.15, 0.2) is 6.58 Å². The maximum absolute atomic E-state index is 4.12. The van der Waals surface area contributed by atoms with Crippen molar-refractivity contribution in [1.82, 2.24) is 0 Å². The first-order valence-electron chi connectivity index (χ1n) is 5.68. The van der Waals surface area contributed by atoms with Crippen molar-refractivity contribution >= 4 is 16.9 Å². The zero-order valence-electron chi connectivity index (χ0n) is 10.2. The Morgan fingerprint density at radius 3 is 2.67 bits per heavy atom. The first-order valence-corrected chi connectivity index (χ1v) is 6.49. The summed E-state index contributed by atoms with van der Waals surface area (Å²) in [4.78, 5) is 3.08. The SMILES string of the molecule is C=C(C)c1c(C)sc2c1CC(C)(C)CC2. The van der Waals surface area contributed by atoms with Gasteiger partial charge in [0.25, 0.3) is 0 Å². The van der Waals surface area contributed by atoms with Gasteiger partial charge in [0.2, 0.25) is 0 Å². The number of hydrogen-bond donors (Lipinski definition) is 0. The van der Waals surface area contributed by atoms with Crippen LogP contribution < -0.4 is 0 Å². The molecule has 1 heteroatoms. The Morgan fingerprint density at radius 1 is 1.40 bits per heavy atom. The highest BCUT2D eigenvalue weighted by Crippen LogP contribution is 2.43. The van der Waals surface area contributed by atoms with E-state index >= 15 is 0 Å². The fourth-order valence-corrected chi connectivity index (χ4v) is 3.89. The third-order valence-electron chi connectivity index (χ3n) is 3.38. The van der Waals surface area contributed by atoms with Crippen molar-refractivity contribution in [2.24, 2.45) is 5.41 Å². The molecule has 1 aliphatic rings. The monoisotopic (exact) mass is 220 g/mol. The molecule has 0 saturated carbocycles. The summed E-state index contributed by atoms with van der Waals surface area (Å²) in [6.45, 7) is 13.3. The van der Waals surface area contributed by atoms with Crippen molar-refractivity contribution in [3.05, 3.63) is 27.5 Å². The lowest BCUT2D eigenvalue weighted by Gasteiger charge is -2.30. The van der Waals surface area contributed by atoms with Crippen molar-refractivity contribution in [2.75, 3.05) is 0 Å². The molecule has 0 fully saturated rings. The summed E-state index contributed by atoms with van der Waals surface area (Å²) in [5, 5.41) is 0. The minimum atomic E-state index is 0.477. The summed E-state index contributed by atoms with van der Waals surface area (Å²) in [6, 6.07) is 0. The van der Waals surface area contributed by atoms with Gasteiger partial charge in [0.15, 0.2) is 0 Å². The lowest BCUT2D eigenvalue weighted by molar-refractivity contribution is 0.317. The smallest absolute Gasteiger partial charge is 0.00948 e. The van der Waals surface area contributed by atoms with Crippen LogP contribution in [-0.2, 0) is 12.8 Å². The van der Waals surface area contributed by atoms with E-state index in [1.54, 1.807) is 10.4 Å². The fraction of sp³-hybridized carbons (Fsp3) is 0.571. The molecule has 1 aromatic heterocycles. The summed E-state index contributed by atoms with van der Waals surface area (Å²) in [7, 11) is 0. The minimum absolute atomic E-state index is 0.477. The number of fused-ring (bicyclic) bond motifs is 1. The van der Waals surface area contributed by atoms with Crippen LogP contribution in [0.2, 0.25) is 0 Å². The molecular weight excluding hydrogens is 200 g/mol. The van der Waals surface area contributed by atoms with Gasteiger partial charge in [-0.2, -0.15) is 0 Å². The van der Waals surface area contributed by atoms with Gasteiger partial charge in [-0.1, -0.05) is 20.4 Å². The molecule has 1 heterocycles. The molecule has 0 radical (unpaired) electrons. The fourth-order valence-electron chi connectivity index (χ4n) is 2.62. The number of hydrogen-bond acceptors (Lipinski definition) is 1. The summed E-state index contributed by atoms with van der Waals surface area (Å²) in [5.41, 5.74) is 4.77. The van der Waals surface area contributed by atoms with E-state index in [0.717, 1.165) is 0 Å². The van der Waals surface area contributed by atoms with E-state index in [1.807, 2.05) is 11.3 Å². The zero-order valence-corrected chi connectivity index (χ0v) is 11.1. The minimum Gasteiger partial charge on any atom is -0.145 e. The molecule has 0 spiro atoms. The summed E-state index contributed by atoms with van der Waals surface area (Å²) in [6.07, 6.45) is 3.82. The van der Waals surface area contributed by atoms with E-state index in [0.29, 0.717) is 5.41 Å². The van der Waals surface area contributed by atoms with Gasteiger partial charge in [0.1, 0.15) is 0 Å². The van der Waals surface area contributed by atoms with Crippen LogP contribution in [0.3, 0.4) is 0 Å². The highest BCUT2D eigenvalue weighted by atomic mass is 32.1. The summed E-state index contributed by atoms with van der Waals surface area (Å²) < 4.78 is 0. The normalized spacial score (nSPS) is 18.7. The first-order chi connectivity index (χ1) is 6.91. The molecule has 0 nitrogen and oxygen atoms in total. The molecule has 1 aromatic rings. The largest absolute Gasteiger partial charge is 0.145 e. The van der Waals surface area contributed by atoms with Crippen molar-refractivity contribution in [3.63, 3.8) is 0 Å². The molecule has 0 unspecified atom stereocenters. The molecule has 0 N–H and O–H groups in total. The van der Waals surface area contributed by atoms with Crippen molar-refractivity contribution in [2.45, 2.75) is 47.0 Å².